The Balaban J connectivity index is 2.89. The first-order valence-electron chi connectivity index (χ1n) is 8.98. The molecular weight excluding hydrogens is 296 g/mol. The zero-order valence-electron chi connectivity index (χ0n) is 15.9. The molecule has 0 atom stereocenters. The summed E-state index contributed by atoms with van der Waals surface area (Å²) in [7, 11) is 2.06. The Morgan fingerprint density at radius 2 is 2.08 bits per heavy atom. The molecule has 132 valence electrons. The first-order chi connectivity index (χ1) is 11.5. The van der Waals surface area contributed by atoms with E-state index in [2.05, 4.69) is 50.1 Å². The van der Waals surface area contributed by atoms with Gasteiger partial charge in [-0.15, -0.1) is 0 Å². The second kappa shape index (κ2) is 10.8. The maximum absolute atomic E-state index is 11.3. The van der Waals surface area contributed by atoms with E-state index in [9.17, 15) is 4.79 Å². The van der Waals surface area contributed by atoms with Crippen LogP contribution in [0.4, 0.5) is 0 Å². The number of hydrogen-bond donors (Lipinski definition) is 0. The van der Waals surface area contributed by atoms with Gasteiger partial charge in [-0.25, -0.2) is 4.99 Å². The van der Waals surface area contributed by atoms with Crippen LogP contribution in [-0.2, 0) is 4.79 Å². The molecule has 0 bridgehead atoms. The van der Waals surface area contributed by atoms with Crippen molar-refractivity contribution in [3.63, 3.8) is 0 Å². The van der Waals surface area contributed by atoms with Crippen molar-refractivity contribution in [2.75, 3.05) is 13.6 Å². The number of allylic oxidation sites excluding steroid dienone is 7. The van der Waals surface area contributed by atoms with Gasteiger partial charge >= 0.3 is 0 Å². The summed E-state index contributed by atoms with van der Waals surface area (Å²) < 4.78 is 0. The number of carbonyl (C=O) groups excluding carboxylic acids is 1. The molecule has 0 saturated carbocycles. The molecule has 0 aromatic heterocycles. The lowest BCUT2D eigenvalue weighted by atomic mass is 10.1. The Hall–Kier alpha value is -1.90. The first-order valence-corrected chi connectivity index (χ1v) is 8.98. The number of aldehydes is 1. The van der Waals surface area contributed by atoms with Crippen molar-refractivity contribution in [1.29, 1.82) is 0 Å². The fraction of sp³-hybridized carbons (Fsp3) is 0.524. The lowest BCUT2D eigenvalue weighted by Gasteiger charge is -2.21. The van der Waals surface area contributed by atoms with Gasteiger partial charge in [-0.2, -0.15) is 0 Å². The molecule has 24 heavy (non-hydrogen) atoms. The van der Waals surface area contributed by atoms with Gasteiger partial charge in [0.2, 0.25) is 0 Å². The molecule has 0 aromatic rings. The SMILES string of the molecule is CCCC/C(N=C(C)N(C)CC1=CC=C(C)C=CC1)=C(/C=O)CC. The standard InChI is InChI=1S/C21H32N2O/c1-6-8-12-21(20(7-2)16-24)22-18(4)23(5)15-19-11-9-10-17(3)13-14-19/h9-10,13-14,16H,6-8,11-12,15H2,1-5H3/b21-20-,22-18?. The van der Waals surface area contributed by atoms with Crippen LogP contribution >= 0.6 is 0 Å². The fourth-order valence-corrected chi connectivity index (χ4v) is 2.57. The Morgan fingerprint density at radius 1 is 1.33 bits per heavy atom. The molecular formula is C21H32N2O. The Bertz CT molecular complexity index is 577. The molecule has 0 fully saturated rings. The van der Waals surface area contributed by atoms with Crippen LogP contribution in [0.3, 0.4) is 0 Å². The van der Waals surface area contributed by atoms with E-state index in [1.807, 2.05) is 13.8 Å². The average Bonchev–Trinajstić information content (AvgIpc) is 2.77. The van der Waals surface area contributed by atoms with E-state index in [4.69, 9.17) is 4.99 Å². The zero-order valence-corrected chi connectivity index (χ0v) is 15.9. The Morgan fingerprint density at radius 3 is 2.71 bits per heavy atom. The van der Waals surface area contributed by atoms with Crippen molar-refractivity contribution in [1.82, 2.24) is 4.90 Å². The number of aliphatic imine (C=N–C) groups is 1. The first kappa shape index (κ1) is 20.1. The summed E-state index contributed by atoms with van der Waals surface area (Å²) in [5, 5.41) is 0. The third kappa shape index (κ3) is 6.69. The van der Waals surface area contributed by atoms with Crippen molar-refractivity contribution >= 4 is 12.1 Å². The normalized spacial score (nSPS) is 16.1. The number of amidine groups is 1. The van der Waals surface area contributed by atoms with Crippen LogP contribution in [0, 0.1) is 0 Å². The second-order valence-corrected chi connectivity index (χ2v) is 6.40. The summed E-state index contributed by atoms with van der Waals surface area (Å²) in [6.07, 6.45) is 14.4. The molecule has 0 saturated heterocycles. The van der Waals surface area contributed by atoms with Gasteiger partial charge in [-0.3, -0.25) is 4.79 Å². The predicted octanol–water partition coefficient (Wildman–Crippen LogP) is 5.22. The van der Waals surface area contributed by atoms with E-state index in [-0.39, 0.29) is 0 Å². The maximum Gasteiger partial charge on any atom is 0.147 e. The van der Waals surface area contributed by atoms with Gasteiger partial charge < -0.3 is 4.90 Å². The van der Waals surface area contributed by atoms with Crippen molar-refractivity contribution in [3.05, 3.63) is 46.7 Å². The zero-order chi connectivity index (χ0) is 17.9. The van der Waals surface area contributed by atoms with Crippen LogP contribution in [0.15, 0.2) is 51.7 Å². The van der Waals surface area contributed by atoms with Crippen LogP contribution in [0.2, 0.25) is 0 Å². The molecule has 0 heterocycles. The highest BCUT2D eigenvalue weighted by Crippen LogP contribution is 2.17. The van der Waals surface area contributed by atoms with E-state index in [1.165, 1.54) is 11.1 Å². The van der Waals surface area contributed by atoms with Crippen LogP contribution in [-0.4, -0.2) is 30.6 Å². The van der Waals surface area contributed by atoms with Gasteiger partial charge in [-0.05, 0) is 45.1 Å². The number of unbranched alkanes of at least 4 members (excludes halogenated alkanes) is 1. The molecule has 0 unspecified atom stereocenters. The number of hydrogen-bond acceptors (Lipinski definition) is 2. The van der Waals surface area contributed by atoms with Gasteiger partial charge in [-0.1, -0.05) is 50.1 Å². The summed E-state index contributed by atoms with van der Waals surface area (Å²) in [6.45, 7) is 9.17. The largest absolute Gasteiger partial charge is 0.359 e. The van der Waals surface area contributed by atoms with Crippen LogP contribution in [0.25, 0.3) is 0 Å². The molecule has 1 aliphatic carbocycles. The van der Waals surface area contributed by atoms with Gasteiger partial charge in [0.1, 0.15) is 12.1 Å². The monoisotopic (exact) mass is 328 g/mol. The molecule has 0 N–H and O–H groups in total. The molecule has 0 radical (unpaired) electrons. The summed E-state index contributed by atoms with van der Waals surface area (Å²) in [6, 6.07) is 0. The van der Waals surface area contributed by atoms with Crippen LogP contribution < -0.4 is 0 Å². The van der Waals surface area contributed by atoms with Crippen LogP contribution in [0.1, 0.15) is 59.8 Å². The van der Waals surface area contributed by atoms with Crippen molar-refractivity contribution in [2.24, 2.45) is 4.99 Å². The van der Waals surface area contributed by atoms with Gasteiger partial charge in [0, 0.05) is 24.9 Å². The molecule has 0 spiro atoms. The third-order valence-corrected chi connectivity index (χ3v) is 4.29. The number of nitrogens with zero attached hydrogens (tertiary/aromatic N) is 2. The predicted molar refractivity (Wildman–Crippen MR) is 104 cm³/mol. The molecule has 0 aromatic carbocycles. The molecule has 0 aliphatic heterocycles. The lowest BCUT2D eigenvalue weighted by molar-refractivity contribution is -0.105. The van der Waals surface area contributed by atoms with Crippen LogP contribution in [0.5, 0.6) is 0 Å². The number of likely N-dealkylation sites (N-methyl/N-ethyl adjacent to an activating group) is 1. The minimum atomic E-state index is 0.739. The van der Waals surface area contributed by atoms with E-state index in [1.54, 1.807) is 0 Å². The highest BCUT2D eigenvalue weighted by molar-refractivity contribution is 5.82. The van der Waals surface area contributed by atoms with Crippen molar-refractivity contribution < 1.29 is 4.79 Å². The quantitative estimate of drug-likeness (QED) is 0.265. The topological polar surface area (TPSA) is 32.7 Å². The molecule has 1 rings (SSSR count). The van der Waals surface area contributed by atoms with E-state index in [0.29, 0.717) is 0 Å². The summed E-state index contributed by atoms with van der Waals surface area (Å²) in [5.41, 5.74) is 4.42. The van der Waals surface area contributed by atoms with Crippen molar-refractivity contribution in [3.8, 4) is 0 Å². The second-order valence-electron chi connectivity index (χ2n) is 6.40. The van der Waals surface area contributed by atoms with Crippen molar-refractivity contribution in [2.45, 2.75) is 59.8 Å². The summed E-state index contributed by atoms with van der Waals surface area (Å²) in [4.78, 5) is 18.3. The molecule has 3 heteroatoms. The van der Waals surface area contributed by atoms with E-state index < -0.39 is 0 Å². The molecule has 1 aliphatic rings. The Labute approximate surface area is 147 Å². The van der Waals surface area contributed by atoms with Gasteiger partial charge in [0.05, 0.1) is 0 Å². The third-order valence-electron chi connectivity index (χ3n) is 4.29. The number of rotatable bonds is 8. The Kier molecular flexibility index (Phi) is 9.06. The smallest absolute Gasteiger partial charge is 0.147 e. The maximum atomic E-state index is 11.3. The minimum absolute atomic E-state index is 0.739. The minimum Gasteiger partial charge on any atom is -0.359 e. The highest BCUT2D eigenvalue weighted by Gasteiger charge is 2.08. The summed E-state index contributed by atoms with van der Waals surface area (Å²) >= 11 is 0. The lowest BCUT2D eigenvalue weighted by Crippen LogP contribution is -2.26. The number of carbonyl (C=O) groups is 1. The molecule has 3 nitrogen and oxygen atoms in total. The highest BCUT2D eigenvalue weighted by atomic mass is 16.1. The fourth-order valence-electron chi connectivity index (χ4n) is 2.57. The van der Waals surface area contributed by atoms with Gasteiger partial charge in [0.15, 0.2) is 0 Å². The van der Waals surface area contributed by atoms with E-state index >= 15 is 0 Å². The average molecular weight is 329 g/mol. The summed E-state index contributed by atoms with van der Waals surface area (Å²) in [5.74, 6) is 0.962. The van der Waals surface area contributed by atoms with E-state index in [0.717, 1.165) is 62.0 Å². The van der Waals surface area contributed by atoms with Gasteiger partial charge in [0.25, 0.3) is 0 Å². The molecule has 0 amide bonds.